The van der Waals surface area contributed by atoms with Crippen LogP contribution in [0.3, 0.4) is 0 Å². The molecule has 2 aromatic carbocycles. The molecule has 3 rings (SSSR count). The van der Waals surface area contributed by atoms with Gasteiger partial charge >= 0.3 is 5.97 Å². The van der Waals surface area contributed by atoms with Gasteiger partial charge in [-0.15, -0.1) is 0 Å². The van der Waals surface area contributed by atoms with Crippen molar-refractivity contribution in [3.63, 3.8) is 0 Å². The number of halogens is 1. The second-order valence-corrected chi connectivity index (χ2v) is 6.46. The summed E-state index contributed by atoms with van der Waals surface area (Å²) in [7, 11) is 0. The van der Waals surface area contributed by atoms with Gasteiger partial charge in [-0.05, 0) is 66.9 Å². The lowest BCUT2D eigenvalue weighted by atomic mass is 9.96. The number of hydrogen-bond acceptors (Lipinski definition) is 2. The number of rotatable bonds is 4. The Kier molecular flexibility index (Phi) is 4.99. The van der Waals surface area contributed by atoms with Crippen LogP contribution in [0, 0.1) is 0 Å². The topological polar surface area (TPSA) is 40.5 Å². The van der Waals surface area contributed by atoms with E-state index in [-0.39, 0.29) is 0 Å². The normalized spacial score (nSPS) is 15.5. The van der Waals surface area contributed by atoms with E-state index in [9.17, 15) is 9.90 Å². The molecule has 1 heterocycles. The average molecular weight is 330 g/mol. The largest absolute Gasteiger partial charge is 0.478 e. The van der Waals surface area contributed by atoms with E-state index in [2.05, 4.69) is 4.90 Å². The van der Waals surface area contributed by atoms with Crippen molar-refractivity contribution in [1.29, 1.82) is 0 Å². The number of carboxylic acids is 1. The molecule has 0 aromatic heterocycles. The zero-order valence-electron chi connectivity index (χ0n) is 13.0. The minimum atomic E-state index is -0.882. The second kappa shape index (κ2) is 7.16. The molecule has 0 spiro atoms. The van der Waals surface area contributed by atoms with Gasteiger partial charge in [-0.3, -0.25) is 4.90 Å². The van der Waals surface area contributed by atoms with Gasteiger partial charge in [0.2, 0.25) is 0 Å². The van der Waals surface area contributed by atoms with Gasteiger partial charge in [-0.2, -0.15) is 0 Å². The number of benzene rings is 2. The molecule has 0 radical (unpaired) electrons. The Hall–Kier alpha value is -1.84. The number of carbonyl (C=O) groups is 1. The molecule has 1 aliphatic heterocycles. The fourth-order valence-corrected chi connectivity index (χ4v) is 3.25. The van der Waals surface area contributed by atoms with Crippen LogP contribution in [0.15, 0.2) is 42.5 Å². The number of nitrogens with zero attached hydrogens (tertiary/aromatic N) is 1. The molecule has 0 unspecified atom stereocenters. The standard InChI is InChI=1S/C19H20ClNO2/c20-17-7-4-14(5-8-17)18-9-6-15(19(22)23)12-16(18)13-21-10-2-1-3-11-21/h4-9,12H,1-3,10-11,13H2,(H,22,23). The van der Waals surface area contributed by atoms with E-state index in [1.807, 2.05) is 30.3 Å². The Morgan fingerprint density at radius 1 is 1.04 bits per heavy atom. The van der Waals surface area contributed by atoms with Gasteiger partial charge < -0.3 is 5.11 Å². The molecule has 1 N–H and O–H groups in total. The predicted molar refractivity (Wildman–Crippen MR) is 93.0 cm³/mol. The SMILES string of the molecule is O=C(O)c1ccc(-c2ccc(Cl)cc2)c(CN2CCCCC2)c1. The predicted octanol–water partition coefficient (Wildman–Crippen LogP) is 4.69. The van der Waals surface area contributed by atoms with Crippen LogP contribution in [-0.4, -0.2) is 29.1 Å². The summed E-state index contributed by atoms with van der Waals surface area (Å²) in [5.74, 6) is -0.882. The molecule has 1 aliphatic rings. The summed E-state index contributed by atoms with van der Waals surface area (Å²) in [5, 5.41) is 9.98. The van der Waals surface area contributed by atoms with Gasteiger partial charge in [0, 0.05) is 11.6 Å². The van der Waals surface area contributed by atoms with E-state index in [1.165, 1.54) is 19.3 Å². The van der Waals surface area contributed by atoms with Crippen LogP contribution in [0.2, 0.25) is 5.02 Å². The number of likely N-dealkylation sites (tertiary alicyclic amines) is 1. The molecule has 3 nitrogen and oxygen atoms in total. The first-order valence-corrected chi connectivity index (χ1v) is 8.36. The van der Waals surface area contributed by atoms with E-state index >= 15 is 0 Å². The van der Waals surface area contributed by atoms with E-state index in [4.69, 9.17) is 11.6 Å². The summed E-state index contributed by atoms with van der Waals surface area (Å²) < 4.78 is 0. The molecule has 1 saturated heterocycles. The zero-order valence-corrected chi connectivity index (χ0v) is 13.7. The lowest BCUT2D eigenvalue weighted by molar-refractivity contribution is 0.0696. The Morgan fingerprint density at radius 3 is 2.39 bits per heavy atom. The summed E-state index contributed by atoms with van der Waals surface area (Å²) >= 11 is 5.98. The van der Waals surface area contributed by atoms with Crippen molar-refractivity contribution in [3.05, 3.63) is 58.6 Å². The Bertz CT molecular complexity index is 691. The van der Waals surface area contributed by atoms with Crippen molar-refractivity contribution in [2.75, 3.05) is 13.1 Å². The summed E-state index contributed by atoms with van der Waals surface area (Å²) in [5.41, 5.74) is 3.56. The first kappa shape index (κ1) is 16.0. The quantitative estimate of drug-likeness (QED) is 0.884. The zero-order chi connectivity index (χ0) is 16.2. The maximum absolute atomic E-state index is 11.3. The van der Waals surface area contributed by atoms with Crippen molar-refractivity contribution in [1.82, 2.24) is 4.90 Å². The Balaban J connectivity index is 1.96. The van der Waals surface area contributed by atoms with E-state index in [0.29, 0.717) is 10.6 Å². The lowest BCUT2D eigenvalue weighted by Crippen LogP contribution is -2.29. The highest BCUT2D eigenvalue weighted by molar-refractivity contribution is 6.30. The number of piperidine rings is 1. The van der Waals surface area contributed by atoms with Gasteiger partial charge in [0.25, 0.3) is 0 Å². The highest BCUT2D eigenvalue weighted by atomic mass is 35.5. The van der Waals surface area contributed by atoms with Gasteiger partial charge in [0.1, 0.15) is 0 Å². The van der Waals surface area contributed by atoms with Crippen molar-refractivity contribution in [3.8, 4) is 11.1 Å². The molecule has 0 saturated carbocycles. The summed E-state index contributed by atoms with van der Waals surface area (Å²) in [4.78, 5) is 13.7. The van der Waals surface area contributed by atoms with Gasteiger partial charge in [-0.1, -0.05) is 36.2 Å². The van der Waals surface area contributed by atoms with Crippen molar-refractivity contribution in [2.45, 2.75) is 25.8 Å². The minimum absolute atomic E-state index is 0.342. The van der Waals surface area contributed by atoms with Crippen molar-refractivity contribution in [2.24, 2.45) is 0 Å². The van der Waals surface area contributed by atoms with Gasteiger partial charge in [0.05, 0.1) is 5.56 Å². The monoisotopic (exact) mass is 329 g/mol. The molecular weight excluding hydrogens is 310 g/mol. The fraction of sp³-hybridized carbons (Fsp3) is 0.316. The third-order valence-electron chi connectivity index (χ3n) is 4.35. The van der Waals surface area contributed by atoms with Gasteiger partial charge in [-0.25, -0.2) is 4.79 Å². The molecule has 1 fully saturated rings. The smallest absolute Gasteiger partial charge is 0.335 e. The van der Waals surface area contributed by atoms with Crippen LogP contribution in [0.1, 0.15) is 35.2 Å². The van der Waals surface area contributed by atoms with Crippen LogP contribution in [0.5, 0.6) is 0 Å². The Morgan fingerprint density at radius 2 is 1.74 bits per heavy atom. The van der Waals surface area contributed by atoms with Crippen LogP contribution < -0.4 is 0 Å². The maximum Gasteiger partial charge on any atom is 0.335 e. The number of carboxylic acid groups (broad SMARTS) is 1. The molecule has 0 aliphatic carbocycles. The van der Waals surface area contributed by atoms with E-state index in [0.717, 1.165) is 36.3 Å². The molecule has 0 atom stereocenters. The van der Waals surface area contributed by atoms with Crippen LogP contribution in [0.4, 0.5) is 0 Å². The second-order valence-electron chi connectivity index (χ2n) is 6.02. The summed E-state index contributed by atoms with van der Waals surface area (Å²) in [6.45, 7) is 2.95. The van der Waals surface area contributed by atoms with Crippen molar-refractivity contribution < 1.29 is 9.90 Å². The number of aromatic carboxylic acids is 1. The molecule has 4 heteroatoms. The summed E-state index contributed by atoms with van der Waals surface area (Å²) in [6.07, 6.45) is 3.72. The average Bonchev–Trinajstić information content (AvgIpc) is 2.56. The molecule has 0 bridgehead atoms. The third kappa shape index (κ3) is 3.92. The Labute approximate surface area is 141 Å². The van der Waals surface area contributed by atoms with Crippen LogP contribution in [0.25, 0.3) is 11.1 Å². The van der Waals surface area contributed by atoms with Crippen molar-refractivity contribution >= 4 is 17.6 Å². The number of hydrogen-bond donors (Lipinski definition) is 1. The molecule has 23 heavy (non-hydrogen) atoms. The molecule has 120 valence electrons. The first-order valence-electron chi connectivity index (χ1n) is 7.98. The first-order chi connectivity index (χ1) is 11.1. The molecule has 0 amide bonds. The lowest BCUT2D eigenvalue weighted by Gasteiger charge is -2.27. The molecule has 2 aromatic rings. The van der Waals surface area contributed by atoms with E-state index in [1.54, 1.807) is 12.1 Å². The maximum atomic E-state index is 11.3. The fourth-order valence-electron chi connectivity index (χ4n) is 3.13. The van der Waals surface area contributed by atoms with E-state index < -0.39 is 5.97 Å². The highest BCUT2D eigenvalue weighted by Gasteiger charge is 2.15. The van der Waals surface area contributed by atoms with Gasteiger partial charge in [0.15, 0.2) is 0 Å². The summed E-state index contributed by atoms with van der Waals surface area (Å²) in [6, 6.07) is 13.1. The van der Waals surface area contributed by atoms with Crippen LogP contribution >= 0.6 is 11.6 Å². The highest BCUT2D eigenvalue weighted by Crippen LogP contribution is 2.28. The van der Waals surface area contributed by atoms with Crippen LogP contribution in [-0.2, 0) is 6.54 Å². The molecular formula is C19H20ClNO2. The third-order valence-corrected chi connectivity index (χ3v) is 4.60. The minimum Gasteiger partial charge on any atom is -0.478 e.